The Bertz CT molecular complexity index is 2820. The van der Waals surface area contributed by atoms with Gasteiger partial charge in [-0.25, -0.2) is 0 Å². The van der Waals surface area contributed by atoms with E-state index in [-0.39, 0.29) is 0 Å². The molecule has 9 aromatic rings. The molecule has 0 aliphatic heterocycles. The lowest BCUT2D eigenvalue weighted by atomic mass is 9.94. The fourth-order valence-electron chi connectivity index (χ4n) is 8.38. The van der Waals surface area contributed by atoms with Crippen molar-refractivity contribution in [2.75, 3.05) is 4.90 Å². The molecule has 0 unspecified atom stereocenters. The molecule has 266 valence electrons. The van der Waals surface area contributed by atoms with Gasteiger partial charge in [-0.1, -0.05) is 164 Å². The third-order valence-electron chi connectivity index (χ3n) is 11.1. The molecule has 1 aliphatic carbocycles. The van der Waals surface area contributed by atoms with Crippen LogP contribution in [-0.4, -0.2) is 4.57 Å². The van der Waals surface area contributed by atoms with Gasteiger partial charge in [-0.3, -0.25) is 0 Å². The third-order valence-corrected chi connectivity index (χ3v) is 11.1. The van der Waals surface area contributed by atoms with Crippen molar-refractivity contribution in [1.82, 2.24) is 4.57 Å². The first-order chi connectivity index (χ1) is 27.8. The molecule has 0 spiro atoms. The van der Waals surface area contributed by atoms with E-state index in [9.17, 15) is 0 Å². The summed E-state index contributed by atoms with van der Waals surface area (Å²) in [7, 11) is 0. The van der Waals surface area contributed by atoms with Gasteiger partial charge in [0.25, 0.3) is 0 Å². The smallest absolute Gasteiger partial charge is 0.0541 e. The summed E-state index contributed by atoms with van der Waals surface area (Å²) in [5.74, 6) is 0. The number of hydrogen-bond acceptors (Lipinski definition) is 1. The third kappa shape index (κ3) is 6.22. The molecule has 0 saturated carbocycles. The molecule has 0 atom stereocenters. The van der Waals surface area contributed by atoms with Crippen LogP contribution in [0.3, 0.4) is 0 Å². The molecule has 0 fully saturated rings. The van der Waals surface area contributed by atoms with Crippen LogP contribution in [0.1, 0.15) is 18.4 Å². The zero-order valence-electron chi connectivity index (χ0n) is 31.1. The van der Waals surface area contributed by atoms with Crippen molar-refractivity contribution in [3.8, 4) is 39.1 Å². The quantitative estimate of drug-likeness (QED) is 0.152. The van der Waals surface area contributed by atoms with E-state index in [0.717, 1.165) is 24.2 Å². The first-order valence-electron chi connectivity index (χ1n) is 19.5. The summed E-state index contributed by atoms with van der Waals surface area (Å²) in [6.07, 6.45) is 6.55. The summed E-state index contributed by atoms with van der Waals surface area (Å²) >= 11 is 0. The van der Waals surface area contributed by atoms with Crippen LogP contribution in [0.4, 0.5) is 11.4 Å². The minimum atomic E-state index is 0.933. The molecule has 0 saturated heterocycles. The van der Waals surface area contributed by atoms with E-state index in [1.807, 2.05) is 0 Å². The molecule has 56 heavy (non-hydrogen) atoms. The molecule has 1 heterocycles. The van der Waals surface area contributed by atoms with Crippen molar-refractivity contribution in [3.05, 3.63) is 230 Å². The van der Waals surface area contributed by atoms with Crippen LogP contribution in [0, 0.1) is 0 Å². The number of rotatable bonds is 8. The second kappa shape index (κ2) is 14.6. The highest BCUT2D eigenvalue weighted by atomic mass is 15.2. The molecule has 0 N–H and O–H groups in total. The van der Waals surface area contributed by atoms with Crippen molar-refractivity contribution < 1.29 is 0 Å². The van der Waals surface area contributed by atoms with E-state index in [2.05, 4.69) is 228 Å². The number of aromatic nitrogens is 1. The van der Waals surface area contributed by atoms with Crippen LogP contribution in [0.25, 0.3) is 66.4 Å². The van der Waals surface area contributed by atoms with Crippen LogP contribution in [0.5, 0.6) is 0 Å². The Kier molecular flexibility index (Phi) is 8.70. The average Bonchev–Trinajstić information content (AvgIpc) is 3.62. The number of allylic oxidation sites excluding steroid dienone is 4. The number of para-hydroxylation sites is 3. The highest BCUT2D eigenvalue weighted by molar-refractivity contribution is 6.09. The van der Waals surface area contributed by atoms with Gasteiger partial charge in [0.15, 0.2) is 0 Å². The van der Waals surface area contributed by atoms with Crippen molar-refractivity contribution in [3.63, 3.8) is 0 Å². The Labute approximate surface area is 328 Å². The van der Waals surface area contributed by atoms with E-state index in [1.54, 1.807) is 0 Å². The number of hydrogen-bond donors (Lipinski definition) is 0. The summed E-state index contributed by atoms with van der Waals surface area (Å²) in [6.45, 7) is 0. The van der Waals surface area contributed by atoms with E-state index < -0.39 is 0 Å². The SMILES string of the molecule is C1=C(c2ccccc2)CCC(N(c2ccc(-c3cccc(-c4ccccc4)c3)cc2)c2ccccc2-c2ccc(-n3c4ccccc4c4ccccc43)cc2)=C1. The Hall–Kier alpha value is -7.16. The maximum atomic E-state index is 2.47. The first kappa shape index (κ1) is 33.4. The molecule has 10 rings (SSSR count). The molecular weight excluding hydrogens is 677 g/mol. The van der Waals surface area contributed by atoms with Crippen LogP contribution < -0.4 is 4.90 Å². The zero-order valence-corrected chi connectivity index (χ0v) is 31.1. The van der Waals surface area contributed by atoms with Crippen LogP contribution in [0.2, 0.25) is 0 Å². The summed E-state index contributed by atoms with van der Waals surface area (Å²) in [5, 5.41) is 2.54. The second-order valence-corrected chi connectivity index (χ2v) is 14.5. The topological polar surface area (TPSA) is 8.17 Å². The van der Waals surface area contributed by atoms with Gasteiger partial charge >= 0.3 is 0 Å². The highest BCUT2D eigenvalue weighted by Gasteiger charge is 2.21. The predicted molar refractivity (Wildman–Crippen MR) is 237 cm³/mol. The number of benzene rings is 8. The molecule has 0 radical (unpaired) electrons. The van der Waals surface area contributed by atoms with E-state index in [4.69, 9.17) is 0 Å². The van der Waals surface area contributed by atoms with Crippen LogP contribution in [-0.2, 0) is 0 Å². The summed E-state index contributed by atoms with van der Waals surface area (Å²) in [5.41, 5.74) is 17.1. The summed E-state index contributed by atoms with van der Waals surface area (Å²) in [4.78, 5) is 2.47. The first-order valence-corrected chi connectivity index (χ1v) is 19.5. The minimum absolute atomic E-state index is 0.933. The van der Waals surface area contributed by atoms with Gasteiger partial charge in [0, 0.05) is 33.4 Å². The monoisotopic (exact) mass is 716 g/mol. The number of fused-ring (bicyclic) bond motifs is 3. The van der Waals surface area contributed by atoms with Gasteiger partial charge in [-0.2, -0.15) is 0 Å². The predicted octanol–water partition coefficient (Wildman–Crippen LogP) is 14.7. The van der Waals surface area contributed by atoms with Crippen molar-refractivity contribution in [2.24, 2.45) is 0 Å². The van der Waals surface area contributed by atoms with Crippen molar-refractivity contribution >= 4 is 38.8 Å². The van der Waals surface area contributed by atoms with Crippen molar-refractivity contribution in [1.29, 1.82) is 0 Å². The molecule has 0 bridgehead atoms. The summed E-state index contributed by atoms with van der Waals surface area (Å²) < 4.78 is 2.38. The van der Waals surface area contributed by atoms with Gasteiger partial charge in [-0.05, 0) is 106 Å². The lowest BCUT2D eigenvalue weighted by Crippen LogP contribution is -2.18. The van der Waals surface area contributed by atoms with E-state index in [0.29, 0.717) is 0 Å². The Morgan fingerprint density at radius 1 is 0.375 bits per heavy atom. The van der Waals surface area contributed by atoms with Gasteiger partial charge in [-0.15, -0.1) is 0 Å². The van der Waals surface area contributed by atoms with Crippen LogP contribution in [0.15, 0.2) is 224 Å². The molecule has 0 amide bonds. The Morgan fingerprint density at radius 2 is 0.911 bits per heavy atom. The fourth-order valence-corrected chi connectivity index (χ4v) is 8.38. The molecule has 2 nitrogen and oxygen atoms in total. The average molecular weight is 717 g/mol. The largest absolute Gasteiger partial charge is 0.314 e. The fraction of sp³-hybridized carbons (Fsp3) is 0.0370. The van der Waals surface area contributed by atoms with Gasteiger partial charge in [0.05, 0.1) is 16.7 Å². The molecule has 1 aliphatic rings. The standard InChI is InChI=1S/C54H40N2/c1-3-14-39(15-4-1)41-26-32-46(33-27-41)55(47-34-28-42(29-35-47)45-19-13-18-44(38-45)40-16-5-2-6-17-40)52-23-10-7-20-49(52)43-30-36-48(37-31-43)56-53-24-11-8-21-50(53)51-22-9-12-25-54(51)56/h1-26,28-32,34-38H,27,33H2. The highest BCUT2D eigenvalue weighted by Crippen LogP contribution is 2.42. The molecular formula is C54H40N2. The normalized spacial score (nSPS) is 12.7. The maximum Gasteiger partial charge on any atom is 0.0541 e. The van der Waals surface area contributed by atoms with E-state index >= 15 is 0 Å². The molecule has 2 heteroatoms. The lowest BCUT2D eigenvalue weighted by molar-refractivity contribution is 0.930. The number of nitrogens with zero attached hydrogens (tertiary/aromatic N) is 2. The van der Waals surface area contributed by atoms with Gasteiger partial charge in [0.1, 0.15) is 0 Å². The van der Waals surface area contributed by atoms with Gasteiger partial charge < -0.3 is 9.47 Å². The van der Waals surface area contributed by atoms with Crippen LogP contribution >= 0.6 is 0 Å². The van der Waals surface area contributed by atoms with E-state index in [1.165, 1.54) is 77.7 Å². The molecule has 8 aromatic carbocycles. The van der Waals surface area contributed by atoms with Crippen molar-refractivity contribution in [2.45, 2.75) is 12.8 Å². The molecule has 1 aromatic heterocycles. The maximum absolute atomic E-state index is 2.47. The van der Waals surface area contributed by atoms with Gasteiger partial charge in [0.2, 0.25) is 0 Å². The zero-order chi connectivity index (χ0) is 37.3. The second-order valence-electron chi connectivity index (χ2n) is 14.5. The Balaban J connectivity index is 1.05. The lowest BCUT2D eigenvalue weighted by Gasteiger charge is -2.32. The number of anilines is 2. The summed E-state index contributed by atoms with van der Waals surface area (Å²) in [6, 6.07) is 74.7. The Morgan fingerprint density at radius 3 is 1.55 bits per heavy atom. The minimum Gasteiger partial charge on any atom is -0.314 e.